The number of methoxy groups -OCH3 is 1. The van der Waals surface area contributed by atoms with Crippen molar-refractivity contribution in [1.29, 1.82) is 0 Å². The van der Waals surface area contributed by atoms with E-state index in [-0.39, 0.29) is 12.4 Å². The smallest absolute Gasteiger partial charge is 0.305 e. The highest BCUT2D eigenvalue weighted by Gasteiger charge is 2.12. The number of carbonyl (C=O) groups excluding carboxylic acids is 2. The predicted molar refractivity (Wildman–Crippen MR) is 107 cm³/mol. The summed E-state index contributed by atoms with van der Waals surface area (Å²) in [5.74, 6) is 0.816. The van der Waals surface area contributed by atoms with Gasteiger partial charge < -0.3 is 13.9 Å². The van der Waals surface area contributed by atoms with Crippen molar-refractivity contribution in [3.63, 3.8) is 0 Å². The molecule has 0 unspecified atom stereocenters. The van der Waals surface area contributed by atoms with Gasteiger partial charge in [-0.1, -0.05) is 36.4 Å². The minimum atomic E-state index is -0.574. The zero-order valence-corrected chi connectivity index (χ0v) is 15.8. The third-order valence-electron chi connectivity index (χ3n) is 3.86. The van der Waals surface area contributed by atoms with Crippen molar-refractivity contribution < 1.29 is 23.5 Å². The van der Waals surface area contributed by atoms with Crippen LogP contribution in [0.2, 0.25) is 0 Å². The molecule has 0 saturated carbocycles. The number of hydrazine groups is 1. The molecule has 29 heavy (non-hydrogen) atoms. The first-order valence-electron chi connectivity index (χ1n) is 8.83. The van der Waals surface area contributed by atoms with Gasteiger partial charge in [-0.2, -0.15) is 0 Å². The molecule has 1 aromatic heterocycles. The van der Waals surface area contributed by atoms with Crippen LogP contribution in [-0.2, 0) is 11.4 Å². The third kappa shape index (κ3) is 5.74. The van der Waals surface area contributed by atoms with Crippen LogP contribution in [0.3, 0.4) is 0 Å². The van der Waals surface area contributed by atoms with Gasteiger partial charge in [0.25, 0.3) is 5.91 Å². The first-order chi connectivity index (χ1) is 14.2. The van der Waals surface area contributed by atoms with Crippen molar-refractivity contribution in [3.05, 3.63) is 89.9 Å². The van der Waals surface area contributed by atoms with Crippen LogP contribution < -0.4 is 20.3 Å². The number of benzene rings is 2. The maximum atomic E-state index is 12.1. The van der Waals surface area contributed by atoms with E-state index >= 15 is 0 Å². The van der Waals surface area contributed by atoms with Crippen LogP contribution in [0.4, 0.5) is 0 Å². The van der Waals surface area contributed by atoms with Gasteiger partial charge in [-0.05, 0) is 36.4 Å². The number of nitrogens with one attached hydrogen (secondary N) is 2. The summed E-state index contributed by atoms with van der Waals surface area (Å²) < 4.78 is 16.2. The lowest BCUT2D eigenvalue weighted by Crippen LogP contribution is -2.40. The summed E-state index contributed by atoms with van der Waals surface area (Å²) in [5, 5.41) is 0. The van der Waals surface area contributed by atoms with E-state index in [0.717, 1.165) is 5.56 Å². The van der Waals surface area contributed by atoms with Gasteiger partial charge in [-0.25, -0.2) is 0 Å². The summed E-state index contributed by atoms with van der Waals surface area (Å²) >= 11 is 0. The van der Waals surface area contributed by atoms with Crippen LogP contribution in [-0.4, -0.2) is 18.9 Å². The Kier molecular flexibility index (Phi) is 6.67. The van der Waals surface area contributed by atoms with E-state index in [1.54, 1.807) is 25.3 Å². The Morgan fingerprint density at radius 2 is 1.72 bits per heavy atom. The SMILES string of the molecule is COc1ccccc1/C=C/C(=O)NNC(=O)c1ccc(COc2ccccc2)o1. The van der Waals surface area contributed by atoms with Crippen LogP contribution in [0.25, 0.3) is 6.08 Å². The van der Waals surface area contributed by atoms with E-state index < -0.39 is 11.8 Å². The third-order valence-corrected chi connectivity index (χ3v) is 3.86. The van der Waals surface area contributed by atoms with Gasteiger partial charge in [0.2, 0.25) is 0 Å². The van der Waals surface area contributed by atoms with Gasteiger partial charge in [-0.3, -0.25) is 20.4 Å². The van der Waals surface area contributed by atoms with E-state index in [4.69, 9.17) is 13.9 Å². The maximum absolute atomic E-state index is 12.1. The van der Waals surface area contributed by atoms with Crippen LogP contribution in [0.5, 0.6) is 11.5 Å². The topological polar surface area (TPSA) is 89.8 Å². The molecule has 148 valence electrons. The molecule has 0 radical (unpaired) electrons. The molecule has 0 saturated heterocycles. The minimum absolute atomic E-state index is 0.0608. The Hall–Kier alpha value is -4.00. The number of para-hydroxylation sites is 2. The van der Waals surface area contributed by atoms with Crippen LogP contribution >= 0.6 is 0 Å². The molecule has 0 aliphatic rings. The lowest BCUT2D eigenvalue weighted by atomic mass is 10.2. The summed E-state index contributed by atoms with van der Waals surface area (Å²) in [6, 6.07) is 19.7. The molecule has 0 fully saturated rings. The van der Waals surface area contributed by atoms with Crippen molar-refractivity contribution >= 4 is 17.9 Å². The van der Waals surface area contributed by atoms with Crippen molar-refractivity contribution in [1.82, 2.24) is 10.9 Å². The molecular formula is C22H20N2O5. The Morgan fingerprint density at radius 3 is 2.52 bits per heavy atom. The summed E-state index contributed by atoms with van der Waals surface area (Å²) in [4.78, 5) is 24.0. The summed E-state index contributed by atoms with van der Waals surface area (Å²) in [6.45, 7) is 0.186. The Bertz CT molecular complexity index is 995. The number of rotatable bonds is 7. The van der Waals surface area contributed by atoms with Crippen LogP contribution in [0.1, 0.15) is 21.9 Å². The highest BCUT2D eigenvalue weighted by molar-refractivity contribution is 5.96. The fourth-order valence-corrected chi connectivity index (χ4v) is 2.44. The van der Waals surface area contributed by atoms with E-state index in [2.05, 4.69) is 10.9 Å². The molecule has 0 aliphatic heterocycles. The molecule has 7 heteroatoms. The molecule has 0 aliphatic carbocycles. The van der Waals surface area contributed by atoms with Gasteiger partial charge in [0.1, 0.15) is 23.9 Å². The first-order valence-corrected chi connectivity index (χ1v) is 8.83. The monoisotopic (exact) mass is 392 g/mol. The molecular weight excluding hydrogens is 372 g/mol. The zero-order valence-electron chi connectivity index (χ0n) is 15.8. The normalized spacial score (nSPS) is 10.5. The van der Waals surface area contributed by atoms with Crippen LogP contribution in [0, 0.1) is 0 Å². The predicted octanol–water partition coefficient (Wildman–Crippen LogP) is 3.34. The molecule has 3 aromatic rings. The van der Waals surface area contributed by atoms with E-state index in [9.17, 15) is 9.59 Å². The summed E-state index contributed by atoms with van der Waals surface area (Å²) in [5.41, 5.74) is 5.33. The number of ether oxygens (including phenoxy) is 2. The lowest BCUT2D eigenvalue weighted by Gasteiger charge is -2.05. The highest BCUT2D eigenvalue weighted by Crippen LogP contribution is 2.18. The fourth-order valence-electron chi connectivity index (χ4n) is 2.44. The molecule has 7 nitrogen and oxygen atoms in total. The number of furan rings is 1. The van der Waals surface area contributed by atoms with E-state index in [1.807, 2.05) is 48.5 Å². The summed E-state index contributed by atoms with van der Waals surface area (Å²) in [6.07, 6.45) is 2.88. The molecule has 2 N–H and O–H groups in total. The molecule has 0 spiro atoms. The number of amides is 2. The number of hydrogen-bond donors (Lipinski definition) is 2. The van der Waals surface area contributed by atoms with Crippen molar-refractivity contribution in [2.45, 2.75) is 6.61 Å². The number of hydrogen-bond acceptors (Lipinski definition) is 5. The molecule has 0 bridgehead atoms. The average molecular weight is 392 g/mol. The Balaban J connectivity index is 1.48. The molecule has 2 aromatic carbocycles. The maximum Gasteiger partial charge on any atom is 0.305 e. The Labute approximate surface area is 167 Å². The van der Waals surface area contributed by atoms with Gasteiger partial charge in [0.05, 0.1) is 7.11 Å². The lowest BCUT2D eigenvalue weighted by molar-refractivity contribution is -0.117. The fraction of sp³-hybridized carbons (Fsp3) is 0.0909. The van der Waals surface area contributed by atoms with Crippen LogP contribution in [0.15, 0.2) is 77.2 Å². The molecule has 3 rings (SSSR count). The second kappa shape index (κ2) is 9.80. The van der Waals surface area contributed by atoms with Gasteiger partial charge >= 0.3 is 5.91 Å². The largest absolute Gasteiger partial charge is 0.496 e. The van der Waals surface area contributed by atoms with Gasteiger partial charge in [-0.15, -0.1) is 0 Å². The second-order valence-corrected chi connectivity index (χ2v) is 5.89. The minimum Gasteiger partial charge on any atom is -0.496 e. The van der Waals surface area contributed by atoms with Gasteiger partial charge in [0.15, 0.2) is 5.76 Å². The molecule has 2 amide bonds. The molecule has 0 atom stereocenters. The standard InChI is InChI=1S/C22H20N2O5/c1-27-19-10-6-5-7-16(19)11-14-21(25)23-24-22(26)20-13-12-18(29-20)15-28-17-8-3-2-4-9-17/h2-14H,15H2,1H3,(H,23,25)(H,24,26)/b14-11+. The van der Waals surface area contributed by atoms with E-state index in [0.29, 0.717) is 17.3 Å². The molecule has 1 heterocycles. The zero-order chi connectivity index (χ0) is 20.5. The number of carbonyl (C=O) groups is 2. The van der Waals surface area contributed by atoms with Crippen molar-refractivity contribution in [2.24, 2.45) is 0 Å². The van der Waals surface area contributed by atoms with Crippen molar-refractivity contribution in [2.75, 3.05) is 7.11 Å². The average Bonchev–Trinajstić information content (AvgIpc) is 3.24. The van der Waals surface area contributed by atoms with E-state index in [1.165, 1.54) is 12.1 Å². The second-order valence-electron chi connectivity index (χ2n) is 5.89. The van der Waals surface area contributed by atoms with Crippen molar-refractivity contribution in [3.8, 4) is 11.5 Å². The highest BCUT2D eigenvalue weighted by atomic mass is 16.5. The quantitative estimate of drug-likeness (QED) is 0.475. The van der Waals surface area contributed by atoms with Gasteiger partial charge in [0, 0.05) is 11.6 Å². The first kappa shape index (κ1) is 19.8. The summed E-state index contributed by atoms with van der Waals surface area (Å²) in [7, 11) is 1.55. The Morgan fingerprint density at radius 1 is 0.966 bits per heavy atom.